The predicted molar refractivity (Wildman–Crippen MR) is 61.3 cm³/mol. The van der Waals surface area contributed by atoms with E-state index in [0.29, 0.717) is 18.7 Å². The lowest BCUT2D eigenvalue weighted by Crippen LogP contribution is -2.12. The van der Waals surface area contributed by atoms with Crippen LogP contribution in [-0.2, 0) is 11.8 Å². The van der Waals surface area contributed by atoms with Gasteiger partial charge in [-0.2, -0.15) is 5.10 Å². The number of anilines is 1. The highest BCUT2D eigenvalue weighted by molar-refractivity contribution is 6.18. The number of nitrogens with one attached hydrogen (secondary N) is 1. The van der Waals surface area contributed by atoms with Crippen molar-refractivity contribution in [3.8, 4) is 0 Å². The van der Waals surface area contributed by atoms with E-state index < -0.39 is 0 Å². The van der Waals surface area contributed by atoms with E-state index in [1.54, 1.807) is 4.68 Å². The molecule has 0 aliphatic rings. The van der Waals surface area contributed by atoms with Crippen LogP contribution >= 0.6 is 11.6 Å². The summed E-state index contributed by atoms with van der Waals surface area (Å²) in [4.78, 5) is 11.5. The van der Waals surface area contributed by atoms with Crippen LogP contribution in [0.5, 0.6) is 0 Å². The summed E-state index contributed by atoms with van der Waals surface area (Å²) in [5, 5.41) is 7.07. The van der Waals surface area contributed by atoms with Gasteiger partial charge in [-0.3, -0.25) is 9.48 Å². The summed E-state index contributed by atoms with van der Waals surface area (Å²) in [5.74, 6) is 0.508. The van der Waals surface area contributed by atoms with Crippen molar-refractivity contribution in [1.29, 1.82) is 0 Å². The molecule has 1 aromatic heterocycles. The zero-order valence-electron chi connectivity index (χ0n) is 9.30. The fraction of sp³-hybridized carbons (Fsp3) is 0.600. The molecular formula is C10H16ClN3O. The van der Waals surface area contributed by atoms with Crippen LogP contribution in [0.1, 0.15) is 24.2 Å². The van der Waals surface area contributed by atoms with Crippen LogP contribution < -0.4 is 5.32 Å². The molecule has 0 aliphatic heterocycles. The van der Waals surface area contributed by atoms with Gasteiger partial charge in [0.1, 0.15) is 0 Å². The molecule has 0 saturated heterocycles. The number of carbonyl (C=O) groups excluding carboxylic acids is 1. The Morgan fingerprint density at radius 1 is 1.53 bits per heavy atom. The second-order valence-corrected chi connectivity index (χ2v) is 3.89. The van der Waals surface area contributed by atoms with Gasteiger partial charge >= 0.3 is 0 Å². The van der Waals surface area contributed by atoms with Crippen LogP contribution in [0.25, 0.3) is 0 Å². The van der Waals surface area contributed by atoms with E-state index in [2.05, 4.69) is 10.4 Å². The molecule has 0 fully saturated rings. The molecular weight excluding hydrogens is 214 g/mol. The number of nitrogens with zero attached hydrogens (tertiary/aromatic N) is 2. The van der Waals surface area contributed by atoms with E-state index in [9.17, 15) is 4.79 Å². The van der Waals surface area contributed by atoms with E-state index in [1.807, 2.05) is 20.9 Å². The number of amides is 1. The molecule has 0 aliphatic carbocycles. The first-order valence-corrected chi connectivity index (χ1v) is 5.45. The normalized spacial score (nSPS) is 10.4. The second kappa shape index (κ2) is 5.16. The molecule has 1 rings (SSSR count). The van der Waals surface area contributed by atoms with Crippen LogP contribution in [0.2, 0.25) is 0 Å². The molecule has 1 amide bonds. The third-order valence-corrected chi connectivity index (χ3v) is 2.58. The Kier molecular flexibility index (Phi) is 4.15. The first kappa shape index (κ1) is 12.0. The maximum Gasteiger partial charge on any atom is 0.224 e. The van der Waals surface area contributed by atoms with E-state index in [0.717, 1.165) is 17.1 Å². The smallest absolute Gasteiger partial charge is 0.224 e. The van der Waals surface area contributed by atoms with Gasteiger partial charge in [0.2, 0.25) is 5.91 Å². The second-order valence-electron chi connectivity index (χ2n) is 3.51. The highest BCUT2D eigenvalue weighted by atomic mass is 35.5. The Balaban J connectivity index is 2.68. The number of alkyl halides is 1. The van der Waals surface area contributed by atoms with Gasteiger partial charge in [0.15, 0.2) is 0 Å². The molecule has 0 aromatic carbocycles. The van der Waals surface area contributed by atoms with Gasteiger partial charge in [0.25, 0.3) is 0 Å². The fourth-order valence-electron chi connectivity index (χ4n) is 1.38. The van der Waals surface area contributed by atoms with Gasteiger partial charge in [-0.25, -0.2) is 0 Å². The number of hydrogen-bond donors (Lipinski definition) is 1. The summed E-state index contributed by atoms with van der Waals surface area (Å²) in [6.45, 7) is 3.81. The van der Waals surface area contributed by atoms with Crippen molar-refractivity contribution in [2.45, 2.75) is 26.7 Å². The molecule has 1 aromatic rings. The number of carbonyl (C=O) groups is 1. The fourth-order valence-corrected chi connectivity index (χ4v) is 1.52. The van der Waals surface area contributed by atoms with Crippen molar-refractivity contribution in [1.82, 2.24) is 9.78 Å². The van der Waals surface area contributed by atoms with E-state index in [-0.39, 0.29) is 5.91 Å². The Bertz CT molecular complexity index is 360. The van der Waals surface area contributed by atoms with Crippen molar-refractivity contribution in [2.24, 2.45) is 7.05 Å². The van der Waals surface area contributed by atoms with Gasteiger partial charge in [-0.15, -0.1) is 11.6 Å². The molecule has 0 atom stereocenters. The van der Waals surface area contributed by atoms with Gasteiger partial charge in [0, 0.05) is 19.3 Å². The molecule has 0 bridgehead atoms. The predicted octanol–water partition coefficient (Wildman–Crippen LogP) is 1.99. The highest BCUT2D eigenvalue weighted by Crippen LogP contribution is 2.18. The Hall–Kier alpha value is -1.03. The van der Waals surface area contributed by atoms with Gasteiger partial charge in [0.05, 0.1) is 17.1 Å². The van der Waals surface area contributed by atoms with Crippen molar-refractivity contribution in [2.75, 3.05) is 11.2 Å². The zero-order chi connectivity index (χ0) is 11.4. The number of rotatable bonds is 4. The lowest BCUT2D eigenvalue weighted by atomic mass is 10.2. The third-order valence-electron chi connectivity index (χ3n) is 2.31. The van der Waals surface area contributed by atoms with Crippen molar-refractivity contribution in [3.05, 3.63) is 11.4 Å². The molecule has 0 spiro atoms. The molecule has 1 heterocycles. The van der Waals surface area contributed by atoms with E-state index >= 15 is 0 Å². The van der Waals surface area contributed by atoms with Crippen molar-refractivity contribution < 1.29 is 4.79 Å². The number of hydrogen-bond acceptors (Lipinski definition) is 2. The first-order chi connectivity index (χ1) is 7.06. The Morgan fingerprint density at radius 3 is 2.67 bits per heavy atom. The van der Waals surface area contributed by atoms with Crippen LogP contribution in [-0.4, -0.2) is 21.6 Å². The number of aromatic nitrogens is 2. The van der Waals surface area contributed by atoms with Crippen LogP contribution in [0.3, 0.4) is 0 Å². The quantitative estimate of drug-likeness (QED) is 0.803. The maximum absolute atomic E-state index is 11.5. The number of halogens is 1. The van der Waals surface area contributed by atoms with Crippen molar-refractivity contribution >= 4 is 23.2 Å². The summed E-state index contributed by atoms with van der Waals surface area (Å²) < 4.78 is 1.76. The van der Waals surface area contributed by atoms with Gasteiger partial charge in [-0.1, -0.05) is 0 Å². The minimum atomic E-state index is -0.00477. The third kappa shape index (κ3) is 2.96. The lowest BCUT2D eigenvalue weighted by molar-refractivity contribution is -0.116. The molecule has 5 heteroatoms. The van der Waals surface area contributed by atoms with Gasteiger partial charge < -0.3 is 5.32 Å². The summed E-state index contributed by atoms with van der Waals surface area (Å²) in [7, 11) is 1.86. The molecule has 1 N–H and O–H groups in total. The Labute approximate surface area is 94.6 Å². The number of aryl methyl sites for hydroxylation is 2. The maximum atomic E-state index is 11.5. The van der Waals surface area contributed by atoms with E-state index in [4.69, 9.17) is 11.6 Å². The zero-order valence-corrected chi connectivity index (χ0v) is 10.1. The molecule has 84 valence electrons. The lowest BCUT2D eigenvalue weighted by Gasteiger charge is -2.04. The molecule has 4 nitrogen and oxygen atoms in total. The van der Waals surface area contributed by atoms with E-state index in [1.165, 1.54) is 0 Å². The van der Waals surface area contributed by atoms with Crippen LogP contribution in [0.15, 0.2) is 0 Å². The topological polar surface area (TPSA) is 46.9 Å². The molecule has 0 radical (unpaired) electrons. The molecule has 15 heavy (non-hydrogen) atoms. The monoisotopic (exact) mass is 229 g/mol. The largest absolute Gasteiger partial charge is 0.323 e. The van der Waals surface area contributed by atoms with Gasteiger partial charge in [-0.05, 0) is 20.3 Å². The SMILES string of the molecule is Cc1nn(C)c(C)c1NC(=O)CCCCl. The standard InChI is InChI=1S/C10H16ClN3O/c1-7-10(8(2)14(3)13-7)12-9(15)5-4-6-11/h4-6H2,1-3H3,(H,12,15). The summed E-state index contributed by atoms with van der Waals surface area (Å²) in [5.41, 5.74) is 2.62. The van der Waals surface area contributed by atoms with Crippen LogP contribution in [0, 0.1) is 13.8 Å². The van der Waals surface area contributed by atoms with Crippen molar-refractivity contribution in [3.63, 3.8) is 0 Å². The summed E-state index contributed by atoms with van der Waals surface area (Å²) >= 11 is 5.52. The minimum absolute atomic E-state index is 0.00477. The summed E-state index contributed by atoms with van der Waals surface area (Å²) in [6, 6.07) is 0. The average molecular weight is 230 g/mol. The summed E-state index contributed by atoms with van der Waals surface area (Å²) in [6.07, 6.45) is 1.16. The highest BCUT2D eigenvalue weighted by Gasteiger charge is 2.11. The van der Waals surface area contributed by atoms with Crippen LogP contribution in [0.4, 0.5) is 5.69 Å². The average Bonchev–Trinajstić information content (AvgIpc) is 2.42. The molecule has 0 saturated carbocycles. The molecule has 0 unspecified atom stereocenters. The Morgan fingerprint density at radius 2 is 2.20 bits per heavy atom. The first-order valence-electron chi connectivity index (χ1n) is 4.92. The minimum Gasteiger partial charge on any atom is -0.323 e.